The summed E-state index contributed by atoms with van der Waals surface area (Å²) in [4.78, 5) is 15.8. The van der Waals surface area contributed by atoms with Crippen molar-refractivity contribution in [2.24, 2.45) is 0 Å². The second-order valence-corrected chi connectivity index (χ2v) is 4.57. The lowest BCUT2D eigenvalue weighted by atomic mass is 10.2. The normalized spacial score (nSPS) is 10.4. The van der Waals surface area contributed by atoms with Crippen LogP contribution in [0.15, 0.2) is 33.2 Å². The summed E-state index contributed by atoms with van der Waals surface area (Å²) in [5.41, 5.74) is 1.04. The lowest BCUT2D eigenvalue weighted by Gasteiger charge is -1.96. The molecule has 0 amide bonds. The molecule has 0 saturated heterocycles. The van der Waals surface area contributed by atoms with Crippen LogP contribution >= 0.6 is 15.9 Å². The van der Waals surface area contributed by atoms with Crippen molar-refractivity contribution in [2.45, 2.75) is 13.8 Å². The molecule has 0 atom stereocenters. The zero-order chi connectivity index (χ0) is 13.1. The average molecular weight is 310 g/mol. The van der Waals surface area contributed by atoms with Crippen LogP contribution < -0.4 is 0 Å². The molecule has 0 radical (unpaired) electrons. The van der Waals surface area contributed by atoms with E-state index in [1.165, 1.54) is 0 Å². The van der Waals surface area contributed by atoms with E-state index in [4.69, 9.17) is 9.15 Å². The predicted molar refractivity (Wildman–Crippen MR) is 70.3 cm³/mol. The first-order chi connectivity index (χ1) is 8.61. The molecule has 0 spiro atoms. The molecule has 1 aromatic heterocycles. The fraction of sp³-hybridized carbons (Fsp3) is 0.231. The van der Waals surface area contributed by atoms with Crippen LogP contribution in [0.2, 0.25) is 0 Å². The number of hydrogen-bond acceptors (Lipinski definition) is 4. The van der Waals surface area contributed by atoms with Gasteiger partial charge in [0.2, 0.25) is 5.89 Å². The SMILES string of the molecule is CCOC(=O)c1nc(-c2cccc(Br)c2)oc1C. The third-order valence-corrected chi connectivity index (χ3v) is 2.83. The monoisotopic (exact) mass is 309 g/mol. The Morgan fingerprint density at radius 3 is 2.94 bits per heavy atom. The number of nitrogens with zero attached hydrogens (tertiary/aromatic N) is 1. The molecule has 1 aromatic carbocycles. The smallest absolute Gasteiger partial charge is 0.360 e. The Bertz CT molecular complexity index is 577. The number of aryl methyl sites for hydroxylation is 1. The lowest BCUT2D eigenvalue weighted by Crippen LogP contribution is -2.06. The van der Waals surface area contributed by atoms with Gasteiger partial charge in [-0.1, -0.05) is 22.0 Å². The molecule has 0 saturated carbocycles. The van der Waals surface area contributed by atoms with Gasteiger partial charge in [-0.05, 0) is 32.0 Å². The van der Waals surface area contributed by atoms with E-state index in [0.717, 1.165) is 10.0 Å². The van der Waals surface area contributed by atoms with E-state index in [1.54, 1.807) is 13.8 Å². The van der Waals surface area contributed by atoms with Gasteiger partial charge in [0.15, 0.2) is 5.69 Å². The lowest BCUT2D eigenvalue weighted by molar-refractivity contribution is 0.0518. The number of halogens is 1. The first-order valence-corrected chi connectivity index (χ1v) is 6.31. The van der Waals surface area contributed by atoms with Crippen LogP contribution in [0.25, 0.3) is 11.5 Å². The fourth-order valence-corrected chi connectivity index (χ4v) is 1.93. The summed E-state index contributed by atoms with van der Waals surface area (Å²) >= 11 is 3.38. The molecule has 0 unspecified atom stereocenters. The molecule has 94 valence electrons. The maximum Gasteiger partial charge on any atom is 0.360 e. The highest BCUT2D eigenvalue weighted by molar-refractivity contribution is 9.10. The van der Waals surface area contributed by atoms with Crippen LogP contribution in [0.5, 0.6) is 0 Å². The zero-order valence-electron chi connectivity index (χ0n) is 10.1. The van der Waals surface area contributed by atoms with Crippen LogP contribution in [0.4, 0.5) is 0 Å². The number of benzene rings is 1. The minimum absolute atomic E-state index is 0.229. The largest absolute Gasteiger partial charge is 0.461 e. The maximum atomic E-state index is 11.6. The Labute approximate surface area is 113 Å². The van der Waals surface area contributed by atoms with E-state index >= 15 is 0 Å². The van der Waals surface area contributed by atoms with Crippen LogP contribution in [0.1, 0.15) is 23.2 Å². The van der Waals surface area contributed by atoms with Gasteiger partial charge in [0.1, 0.15) is 5.76 Å². The molecule has 5 heteroatoms. The molecule has 2 rings (SSSR count). The van der Waals surface area contributed by atoms with Crippen molar-refractivity contribution in [1.29, 1.82) is 0 Å². The Morgan fingerprint density at radius 2 is 2.28 bits per heavy atom. The van der Waals surface area contributed by atoms with Gasteiger partial charge in [-0.2, -0.15) is 0 Å². The standard InChI is InChI=1S/C13H12BrNO3/c1-3-17-13(16)11-8(2)18-12(15-11)9-5-4-6-10(14)7-9/h4-7H,3H2,1-2H3. The predicted octanol–water partition coefficient (Wildman–Crippen LogP) is 3.59. The Kier molecular flexibility index (Phi) is 3.81. The molecular formula is C13H12BrNO3. The third kappa shape index (κ3) is 2.61. The van der Waals surface area contributed by atoms with Gasteiger partial charge in [0, 0.05) is 10.0 Å². The van der Waals surface area contributed by atoms with Crippen LogP contribution in [-0.4, -0.2) is 17.6 Å². The van der Waals surface area contributed by atoms with E-state index in [-0.39, 0.29) is 5.69 Å². The number of carbonyl (C=O) groups is 1. The number of esters is 1. The van der Waals surface area contributed by atoms with Crippen molar-refractivity contribution in [3.63, 3.8) is 0 Å². The summed E-state index contributed by atoms with van der Waals surface area (Å²) < 4.78 is 11.3. The van der Waals surface area contributed by atoms with E-state index in [9.17, 15) is 4.79 Å². The Hall–Kier alpha value is -1.62. The summed E-state index contributed by atoms with van der Waals surface area (Å²) in [6.07, 6.45) is 0. The Balaban J connectivity index is 2.37. The van der Waals surface area contributed by atoms with Gasteiger partial charge in [0.05, 0.1) is 6.61 Å². The number of carbonyl (C=O) groups excluding carboxylic acids is 1. The molecule has 2 aromatic rings. The highest BCUT2D eigenvalue weighted by atomic mass is 79.9. The molecule has 4 nitrogen and oxygen atoms in total. The molecule has 1 heterocycles. The molecule has 0 aliphatic rings. The summed E-state index contributed by atoms with van der Waals surface area (Å²) in [7, 11) is 0. The molecule has 0 fully saturated rings. The van der Waals surface area contributed by atoms with Crippen molar-refractivity contribution in [1.82, 2.24) is 4.98 Å². The van der Waals surface area contributed by atoms with Crippen LogP contribution in [0, 0.1) is 6.92 Å². The van der Waals surface area contributed by atoms with Crippen molar-refractivity contribution in [3.8, 4) is 11.5 Å². The summed E-state index contributed by atoms with van der Waals surface area (Å²) in [6.45, 7) is 3.76. The fourth-order valence-electron chi connectivity index (χ4n) is 1.53. The number of ether oxygens (including phenoxy) is 1. The van der Waals surface area contributed by atoms with Crippen molar-refractivity contribution < 1.29 is 13.9 Å². The number of rotatable bonds is 3. The van der Waals surface area contributed by atoms with Crippen LogP contribution in [0.3, 0.4) is 0 Å². The topological polar surface area (TPSA) is 52.3 Å². The average Bonchev–Trinajstić information content (AvgIpc) is 2.72. The zero-order valence-corrected chi connectivity index (χ0v) is 11.7. The Morgan fingerprint density at radius 1 is 1.50 bits per heavy atom. The molecular weight excluding hydrogens is 298 g/mol. The first kappa shape index (κ1) is 12.8. The van der Waals surface area contributed by atoms with Gasteiger partial charge in [-0.15, -0.1) is 0 Å². The summed E-state index contributed by atoms with van der Waals surface area (Å²) in [5.74, 6) is 0.417. The second-order valence-electron chi connectivity index (χ2n) is 3.65. The van der Waals surface area contributed by atoms with Gasteiger partial charge in [-0.3, -0.25) is 0 Å². The van der Waals surface area contributed by atoms with E-state index in [1.807, 2.05) is 24.3 Å². The second kappa shape index (κ2) is 5.35. The van der Waals surface area contributed by atoms with Crippen LogP contribution in [-0.2, 0) is 4.74 Å². The quantitative estimate of drug-likeness (QED) is 0.813. The van der Waals surface area contributed by atoms with Crippen molar-refractivity contribution >= 4 is 21.9 Å². The minimum Gasteiger partial charge on any atom is -0.461 e. The third-order valence-electron chi connectivity index (χ3n) is 2.34. The first-order valence-electron chi connectivity index (χ1n) is 5.52. The number of oxazole rings is 1. The van der Waals surface area contributed by atoms with Crippen molar-refractivity contribution in [2.75, 3.05) is 6.61 Å². The molecule has 0 N–H and O–H groups in total. The highest BCUT2D eigenvalue weighted by Gasteiger charge is 2.18. The molecule has 0 aliphatic carbocycles. The van der Waals surface area contributed by atoms with Gasteiger partial charge < -0.3 is 9.15 Å². The van der Waals surface area contributed by atoms with Gasteiger partial charge >= 0.3 is 5.97 Å². The summed E-state index contributed by atoms with van der Waals surface area (Å²) in [5, 5.41) is 0. The molecule has 18 heavy (non-hydrogen) atoms. The maximum absolute atomic E-state index is 11.6. The molecule has 0 bridgehead atoms. The summed E-state index contributed by atoms with van der Waals surface area (Å²) in [6, 6.07) is 7.53. The van der Waals surface area contributed by atoms with Gasteiger partial charge in [-0.25, -0.2) is 9.78 Å². The highest BCUT2D eigenvalue weighted by Crippen LogP contribution is 2.24. The number of hydrogen-bond donors (Lipinski definition) is 0. The minimum atomic E-state index is -0.458. The number of aromatic nitrogens is 1. The molecule has 0 aliphatic heterocycles. The van der Waals surface area contributed by atoms with Gasteiger partial charge in [0.25, 0.3) is 0 Å². The van der Waals surface area contributed by atoms with E-state index < -0.39 is 5.97 Å². The van der Waals surface area contributed by atoms with E-state index in [2.05, 4.69) is 20.9 Å². The van der Waals surface area contributed by atoms with E-state index in [0.29, 0.717) is 18.3 Å². The van der Waals surface area contributed by atoms with Crippen molar-refractivity contribution in [3.05, 3.63) is 40.2 Å².